The van der Waals surface area contributed by atoms with Crippen LogP contribution in [0, 0.1) is 17.5 Å². The van der Waals surface area contributed by atoms with Gasteiger partial charge in [-0.1, -0.05) is 0 Å². The van der Waals surface area contributed by atoms with Gasteiger partial charge in [0.2, 0.25) is 10.0 Å². The summed E-state index contributed by atoms with van der Waals surface area (Å²) in [6.07, 6.45) is 1.96. The maximum Gasteiger partial charge on any atom is 0.289 e. The van der Waals surface area contributed by atoms with E-state index in [2.05, 4.69) is 4.72 Å². The van der Waals surface area contributed by atoms with Crippen LogP contribution in [-0.4, -0.2) is 38.4 Å². The summed E-state index contributed by atoms with van der Waals surface area (Å²) in [5, 5.41) is 0. The average Bonchev–Trinajstić information content (AvgIpc) is 3.14. The highest BCUT2D eigenvalue weighted by Crippen LogP contribution is 2.21. The number of hydrogen-bond donors (Lipinski definition) is 1. The molecule has 6 nitrogen and oxygen atoms in total. The quantitative estimate of drug-likeness (QED) is 0.815. The third-order valence-corrected chi connectivity index (χ3v) is 5.66. The van der Waals surface area contributed by atoms with E-state index in [1.54, 1.807) is 6.07 Å². The normalized spacial score (nSPS) is 16.0. The van der Waals surface area contributed by atoms with E-state index >= 15 is 0 Å². The number of amides is 1. The maximum atomic E-state index is 13.7. The van der Waals surface area contributed by atoms with Gasteiger partial charge in [-0.05, 0) is 37.1 Å². The van der Waals surface area contributed by atoms with Crippen LogP contribution in [0.4, 0.5) is 13.2 Å². The minimum atomic E-state index is -4.36. The van der Waals surface area contributed by atoms with E-state index in [0.29, 0.717) is 12.1 Å². The van der Waals surface area contributed by atoms with E-state index in [1.165, 1.54) is 17.2 Å². The molecule has 140 valence electrons. The molecule has 1 fully saturated rings. The van der Waals surface area contributed by atoms with Crippen LogP contribution in [0.3, 0.4) is 0 Å². The van der Waals surface area contributed by atoms with Crippen LogP contribution in [0.25, 0.3) is 0 Å². The van der Waals surface area contributed by atoms with Crippen LogP contribution in [0.15, 0.2) is 39.8 Å². The summed E-state index contributed by atoms with van der Waals surface area (Å²) >= 11 is 0. The Kier molecular flexibility index (Phi) is 5.05. The molecule has 0 bridgehead atoms. The van der Waals surface area contributed by atoms with Crippen molar-refractivity contribution < 1.29 is 30.8 Å². The molecule has 2 aromatic rings. The van der Waals surface area contributed by atoms with Gasteiger partial charge in [0.05, 0.1) is 6.26 Å². The number of likely N-dealkylation sites (tertiary alicyclic amines) is 1. The molecule has 0 aliphatic carbocycles. The summed E-state index contributed by atoms with van der Waals surface area (Å²) in [5.74, 6) is -5.18. The predicted octanol–water partition coefficient (Wildman–Crippen LogP) is 2.28. The summed E-state index contributed by atoms with van der Waals surface area (Å²) in [6.45, 7) is 0.542. The van der Waals surface area contributed by atoms with Gasteiger partial charge in [0.25, 0.3) is 5.91 Å². The van der Waals surface area contributed by atoms with Crippen molar-refractivity contribution >= 4 is 15.9 Å². The van der Waals surface area contributed by atoms with E-state index in [9.17, 15) is 26.4 Å². The minimum Gasteiger partial charge on any atom is -0.459 e. The number of carbonyl (C=O) groups is 1. The molecule has 1 aliphatic rings. The van der Waals surface area contributed by atoms with Gasteiger partial charge in [0.15, 0.2) is 23.2 Å². The average molecular weight is 388 g/mol. The molecule has 0 spiro atoms. The van der Waals surface area contributed by atoms with E-state index in [1.807, 2.05) is 0 Å². The molecule has 0 radical (unpaired) electrons. The minimum absolute atomic E-state index is 0.188. The largest absolute Gasteiger partial charge is 0.459 e. The molecule has 3 rings (SSSR count). The van der Waals surface area contributed by atoms with Gasteiger partial charge in [-0.25, -0.2) is 26.3 Å². The first kappa shape index (κ1) is 18.5. The molecule has 2 heterocycles. The number of furan rings is 1. The molecule has 26 heavy (non-hydrogen) atoms. The Labute approximate surface area is 147 Å². The van der Waals surface area contributed by atoms with Crippen molar-refractivity contribution in [3.05, 3.63) is 53.7 Å². The second-order valence-corrected chi connectivity index (χ2v) is 7.52. The highest BCUT2D eigenvalue weighted by atomic mass is 32.2. The molecular formula is C16H15F3N2O4S. The molecule has 0 unspecified atom stereocenters. The Morgan fingerprint density at radius 2 is 1.81 bits per heavy atom. The van der Waals surface area contributed by atoms with Crippen LogP contribution >= 0.6 is 0 Å². The first-order valence-electron chi connectivity index (χ1n) is 7.78. The second-order valence-electron chi connectivity index (χ2n) is 5.84. The standard InChI is InChI=1S/C16H15F3N2O4S/c17-11-3-4-13(15(19)14(11)18)26(23,24)20-10-5-7-21(8-6-10)16(22)12-2-1-9-25-12/h1-4,9-10,20H,5-8H2. The zero-order valence-corrected chi connectivity index (χ0v) is 14.2. The lowest BCUT2D eigenvalue weighted by Crippen LogP contribution is -2.46. The van der Waals surface area contributed by atoms with Gasteiger partial charge in [-0.15, -0.1) is 0 Å². The summed E-state index contributed by atoms with van der Waals surface area (Å²) < 4.78 is 71.8. The van der Waals surface area contributed by atoms with Crippen LogP contribution in [0.1, 0.15) is 23.4 Å². The number of rotatable bonds is 4. The predicted molar refractivity (Wildman–Crippen MR) is 84.3 cm³/mol. The molecule has 1 N–H and O–H groups in total. The molecule has 0 atom stereocenters. The summed E-state index contributed by atoms with van der Waals surface area (Å²) in [5.41, 5.74) is 0. The zero-order chi connectivity index (χ0) is 18.9. The van der Waals surface area contributed by atoms with Gasteiger partial charge in [-0.3, -0.25) is 4.79 Å². The smallest absolute Gasteiger partial charge is 0.289 e. The molecule has 1 amide bonds. The van der Waals surface area contributed by atoms with Crippen molar-refractivity contribution in [3.8, 4) is 0 Å². The Balaban J connectivity index is 1.66. The lowest BCUT2D eigenvalue weighted by atomic mass is 10.1. The monoisotopic (exact) mass is 388 g/mol. The van der Waals surface area contributed by atoms with Crippen molar-refractivity contribution in [2.45, 2.75) is 23.8 Å². The number of benzene rings is 1. The fourth-order valence-corrected chi connectivity index (χ4v) is 4.13. The number of carbonyl (C=O) groups excluding carboxylic acids is 1. The SMILES string of the molecule is O=C(c1ccco1)N1CCC(NS(=O)(=O)c2ccc(F)c(F)c2F)CC1. The number of nitrogens with one attached hydrogen (secondary N) is 1. The Bertz CT molecular complexity index is 908. The van der Waals surface area contributed by atoms with Crippen LogP contribution in [0.5, 0.6) is 0 Å². The third kappa shape index (κ3) is 3.61. The topological polar surface area (TPSA) is 79.6 Å². The molecule has 10 heteroatoms. The van der Waals surface area contributed by atoms with E-state index in [0.717, 1.165) is 0 Å². The highest BCUT2D eigenvalue weighted by Gasteiger charge is 2.30. The highest BCUT2D eigenvalue weighted by molar-refractivity contribution is 7.89. The molecule has 1 saturated heterocycles. The van der Waals surface area contributed by atoms with Crippen LogP contribution in [0.2, 0.25) is 0 Å². The second kappa shape index (κ2) is 7.12. The Morgan fingerprint density at radius 3 is 2.42 bits per heavy atom. The van der Waals surface area contributed by atoms with Crippen molar-refractivity contribution in [1.29, 1.82) is 0 Å². The summed E-state index contributed by atoms with van der Waals surface area (Å²) in [6, 6.07) is 3.78. The van der Waals surface area contributed by atoms with Gasteiger partial charge in [0, 0.05) is 19.1 Å². The van der Waals surface area contributed by atoms with E-state index in [4.69, 9.17) is 4.42 Å². The number of sulfonamides is 1. The number of hydrogen-bond acceptors (Lipinski definition) is 4. The zero-order valence-electron chi connectivity index (χ0n) is 13.4. The van der Waals surface area contributed by atoms with Crippen LogP contribution < -0.4 is 4.72 Å². The maximum absolute atomic E-state index is 13.7. The first-order valence-corrected chi connectivity index (χ1v) is 9.26. The van der Waals surface area contributed by atoms with Gasteiger partial charge >= 0.3 is 0 Å². The lowest BCUT2D eigenvalue weighted by molar-refractivity contribution is 0.0679. The lowest BCUT2D eigenvalue weighted by Gasteiger charge is -2.31. The molecule has 1 aromatic heterocycles. The molecule has 1 aromatic carbocycles. The van der Waals surface area contributed by atoms with E-state index in [-0.39, 0.29) is 37.6 Å². The van der Waals surface area contributed by atoms with Gasteiger partial charge < -0.3 is 9.32 Å². The van der Waals surface area contributed by atoms with E-state index < -0.39 is 38.4 Å². The number of piperidine rings is 1. The van der Waals surface area contributed by atoms with Crippen LogP contribution in [-0.2, 0) is 10.0 Å². The molecular weight excluding hydrogens is 373 g/mol. The van der Waals surface area contributed by atoms with Crippen molar-refractivity contribution in [1.82, 2.24) is 9.62 Å². The molecule has 0 saturated carbocycles. The third-order valence-electron chi connectivity index (χ3n) is 4.13. The van der Waals surface area contributed by atoms with Crippen molar-refractivity contribution in [2.75, 3.05) is 13.1 Å². The fraction of sp³-hybridized carbons (Fsp3) is 0.312. The number of nitrogens with zero attached hydrogens (tertiary/aromatic N) is 1. The Hall–Kier alpha value is -2.33. The molecule has 1 aliphatic heterocycles. The van der Waals surface area contributed by atoms with Gasteiger partial charge in [0.1, 0.15) is 4.90 Å². The fourth-order valence-electron chi connectivity index (χ4n) is 2.76. The van der Waals surface area contributed by atoms with Crippen molar-refractivity contribution in [2.24, 2.45) is 0 Å². The first-order chi connectivity index (χ1) is 12.3. The van der Waals surface area contributed by atoms with Crippen molar-refractivity contribution in [3.63, 3.8) is 0 Å². The van der Waals surface area contributed by atoms with Gasteiger partial charge in [-0.2, -0.15) is 0 Å². The number of halogens is 3. The summed E-state index contributed by atoms with van der Waals surface area (Å²) in [7, 11) is -4.36. The Morgan fingerprint density at radius 1 is 1.12 bits per heavy atom. The summed E-state index contributed by atoms with van der Waals surface area (Å²) in [4.78, 5) is 12.7.